The van der Waals surface area contributed by atoms with Gasteiger partial charge in [-0.2, -0.15) is 0 Å². The highest BCUT2D eigenvalue weighted by atomic mass is 16.4. The molecule has 0 saturated heterocycles. The van der Waals surface area contributed by atoms with Crippen LogP contribution in [0.2, 0.25) is 0 Å². The summed E-state index contributed by atoms with van der Waals surface area (Å²) in [4.78, 5) is 35.8. The molecule has 0 spiro atoms. The van der Waals surface area contributed by atoms with Gasteiger partial charge in [0.15, 0.2) is 0 Å². The Morgan fingerprint density at radius 3 is 2.38 bits per heavy atom. The molecular weight excluding hydrogens is 320 g/mol. The molecule has 128 valence electrons. The molecule has 1 rings (SSSR count). The second-order valence-electron chi connectivity index (χ2n) is 4.66. The zero-order valence-corrected chi connectivity index (χ0v) is 12.5. The molecule has 1 atom stereocenters. The summed E-state index contributed by atoms with van der Waals surface area (Å²) in [5, 5.41) is 22.7. The van der Waals surface area contributed by atoms with Gasteiger partial charge in [0, 0.05) is 17.0 Å². The van der Waals surface area contributed by atoms with Crippen molar-refractivity contribution >= 4 is 29.2 Å². The molecular formula is C13H16N6O5. The fraction of sp³-hybridized carbons (Fsp3) is 0.308. The highest BCUT2D eigenvalue weighted by Crippen LogP contribution is 2.22. The Labute approximate surface area is 136 Å². The summed E-state index contributed by atoms with van der Waals surface area (Å²) < 4.78 is 0. The molecule has 1 aromatic rings. The number of rotatable bonds is 10. The van der Waals surface area contributed by atoms with Crippen molar-refractivity contribution in [1.82, 2.24) is 5.43 Å². The van der Waals surface area contributed by atoms with Crippen LogP contribution >= 0.6 is 0 Å². The standard InChI is InChI=1S/C13H16N6O5/c14-11(20)6-5-10(13(23)24)19(16-7-12(21)22)9-3-1-8(2-4-9)17-18-15/h1-4,10,16H,5-7H2,(H2,14,20)(H,21,22)(H,23,24)/t10-/m0/s1. The minimum Gasteiger partial charge on any atom is -0.480 e. The number of aliphatic carboxylic acids is 2. The number of benzene rings is 1. The van der Waals surface area contributed by atoms with Gasteiger partial charge in [0.1, 0.15) is 12.6 Å². The van der Waals surface area contributed by atoms with E-state index in [1.54, 1.807) is 0 Å². The number of hydrogen-bond acceptors (Lipinski definition) is 6. The van der Waals surface area contributed by atoms with Crippen LogP contribution in [0.3, 0.4) is 0 Å². The highest BCUT2D eigenvalue weighted by molar-refractivity contribution is 5.80. The molecule has 0 fully saturated rings. The number of hydrogen-bond donors (Lipinski definition) is 4. The fourth-order valence-electron chi connectivity index (χ4n) is 1.91. The zero-order valence-electron chi connectivity index (χ0n) is 12.5. The second-order valence-corrected chi connectivity index (χ2v) is 4.66. The summed E-state index contributed by atoms with van der Waals surface area (Å²) in [5.41, 5.74) is 16.5. The smallest absolute Gasteiger partial charge is 0.327 e. The van der Waals surface area contributed by atoms with Gasteiger partial charge in [0.2, 0.25) is 5.91 Å². The van der Waals surface area contributed by atoms with E-state index < -0.39 is 30.4 Å². The third-order valence-corrected chi connectivity index (χ3v) is 2.95. The molecule has 11 heteroatoms. The number of nitrogens with one attached hydrogen (secondary N) is 1. The molecule has 0 aliphatic heterocycles. The van der Waals surface area contributed by atoms with Crippen LogP contribution < -0.4 is 16.2 Å². The lowest BCUT2D eigenvalue weighted by molar-refractivity contribution is -0.140. The maximum Gasteiger partial charge on any atom is 0.327 e. The SMILES string of the molecule is [N-]=[N+]=Nc1ccc(N(NCC(=O)O)[C@@H](CCC(N)=O)C(=O)O)cc1. The van der Waals surface area contributed by atoms with Crippen LogP contribution in [-0.2, 0) is 14.4 Å². The number of carboxylic acid groups (broad SMARTS) is 2. The van der Waals surface area contributed by atoms with Gasteiger partial charge in [0.25, 0.3) is 0 Å². The molecule has 0 unspecified atom stereocenters. The lowest BCUT2D eigenvalue weighted by Crippen LogP contribution is -2.51. The average molecular weight is 336 g/mol. The van der Waals surface area contributed by atoms with Crippen LogP contribution in [0.15, 0.2) is 29.4 Å². The van der Waals surface area contributed by atoms with Crippen molar-refractivity contribution in [2.24, 2.45) is 10.8 Å². The van der Waals surface area contributed by atoms with Crippen LogP contribution in [0, 0.1) is 0 Å². The van der Waals surface area contributed by atoms with Gasteiger partial charge < -0.3 is 15.9 Å². The van der Waals surface area contributed by atoms with Crippen molar-refractivity contribution in [3.63, 3.8) is 0 Å². The first-order chi connectivity index (χ1) is 11.3. The summed E-state index contributed by atoms with van der Waals surface area (Å²) in [6.45, 7) is -0.529. The van der Waals surface area contributed by atoms with Crippen molar-refractivity contribution in [2.75, 3.05) is 11.6 Å². The summed E-state index contributed by atoms with van der Waals surface area (Å²) in [7, 11) is 0. The molecule has 0 saturated carbocycles. The van der Waals surface area contributed by atoms with E-state index in [-0.39, 0.29) is 12.8 Å². The molecule has 0 aliphatic rings. The Bertz CT molecular complexity index is 655. The fourth-order valence-corrected chi connectivity index (χ4v) is 1.91. The molecule has 1 aromatic carbocycles. The average Bonchev–Trinajstić information content (AvgIpc) is 2.51. The first-order valence-electron chi connectivity index (χ1n) is 6.76. The van der Waals surface area contributed by atoms with E-state index in [1.807, 2.05) is 0 Å². The largest absolute Gasteiger partial charge is 0.480 e. The number of amides is 1. The van der Waals surface area contributed by atoms with Crippen LogP contribution in [0.5, 0.6) is 0 Å². The van der Waals surface area contributed by atoms with Gasteiger partial charge in [-0.3, -0.25) is 14.6 Å². The number of anilines is 1. The van der Waals surface area contributed by atoms with Crippen LogP contribution in [-0.4, -0.2) is 40.6 Å². The number of hydrazine groups is 1. The maximum atomic E-state index is 11.5. The van der Waals surface area contributed by atoms with Crippen LogP contribution in [0.25, 0.3) is 10.4 Å². The minimum absolute atomic E-state index is 0.116. The highest BCUT2D eigenvalue weighted by Gasteiger charge is 2.27. The van der Waals surface area contributed by atoms with Gasteiger partial charge in [-0.1, -0.05) is 17.2 Å². The molecule has 0 bridgehead atoms. The van der Waals surface area contributed by atoms with E-state index in [2.05, 4.69) is 15.5 Å². The number of carbonyl (C=O) groups is 3. The molecule has 5 N–H and O–H groups in total. The summed E-state index contributed by atoms with van der Waals surface area (Å²) in [6, 6.07) is 4.58. The van der Waals surface area contributed by atoms with Gasteiger partial charge in [0.05, 0.1) is 5.69 Å². The maximum absolute atomic E-state index is 11.5. The van der Waals surface area contributed by atoms with E-state index in [9.17, 15) is 19.5 Å². The third kappa shape index (κ3) is 5.83. The normalized spacial score (nSPS) is 11.2. The third-order valence-electron chi connectivity index (χ3n) is 2.95. The quantitative estimate of drug-likeness (QED) is 0.210. The molecule has 24 heavy (non-hydrogen) atoms. The van der Waals surface area contributed by atoms with Gasteiger partial charge in [-0.05, 0) is 24.1 Å². The zero-order chi connectivity index (χ0) is 18.1. The topological polar surface area (TPSA) is 182 Å². The Balaban J connectivity index is 3.10. The van der Waals surface area contributed by atoms with Gasteiger partial charge in [-0.25, -0.2) is 10.2 Å². The van der Waals surface area contributed by atoms with Crippen molar-refractivity contribution in [1.29, 1.82) is 0 Å². The van der Waals surface area contributed by atoms with Gasteiger partial charge >= 0.3 is 11.9 Å². The molecule has 1 amide bonds. The lowest BCUT2D eigenvalue weighted by Gasteiger charge is -2.30. The first kappa shape index (κ1) is 18.7. The summed E-state index contributed by atoms with van der Waals surface area (Å²) >= 11 is 0. The van der Waals surface area contributed by atoms with Crippen molar-refractivity contribution in [3.8, 4) is 0 Å². The Morgan fingerprint density at radius 2 is 1.92 bits per heavy atom. The molecule has 0 aromatic heterocycles. The molecule has 0 radical (unpaired) electrons. The number of carboxylic acids is 2. The van der Waals surface area contributed by atoms with E-state index in [4.69, 9.17) is 16.4 Å². The predicted octanol–water partition coefficient (Wildman–Crippen LogP) is 0.743. The lowest BCUT2D eigenvalue weighted by atomic mass is 10.1. The predicted molar refractivity (Wildman–Crippen MR) is 83.2 cm³/mol. The number of nitrogens with zero attached hydrogens (tertiary/aromatic N) is 4. The van der Waals surface area contributed by atoms with E-state index in [1.165, 1.54) is 24.3 Å². The number of azide groups is 1. The van der Waals surface area contributed by atoms with Crippen molar-refractivity contribution in [3.05, 3.63) is 34.7 Å². The first-order valence-corrected chi connectivity index (χ1v) is 6.76. The number of carbonyl (C=O) groups excluding carboxylic acids is 1. The summed E-state index contributed by atoms with van der Waals surface area (Å²) in [6.07, 6.45) is -0.297. The summed E-state index contributed by atoms with van der Waals surface area (Å²) in [5.74, 6) is -3.11. The van der Waals surface area contributed by atoms with Crippen molar-refractivity contribution < 1.29 is 24.6 Å². The van der Waals surface area contributed by atoms with E-state index >= 15 is 0 Å². The second kappa shape index (κ2) is 8.98. The molecule has 0 heterocycles. The number of primary amides is 1. The molecule has 11 nitrogen and oxygen atoms in total. The Kier molecular flexibility index (Phi) is 7.01. The Morgan fingerprint density at radius 1 is 1.29 bits per heavy atom. The van der Waals surface area contributed by atoms with E-state index in [0.29, 0.717) is 11.4 Å². The van der Waals surface area contributed by atoms with E-state index in [0.717, 1.165) is 5.01 Å². The van der Waals surface area contributed by atoms with Gasteiger partial charge in [-0.15, -0.1) is 0 Å². The van der Waals surface area contributed by atoms with Crippen LogP contribution in [0.4, 0.5) is 11.4 Å². The van der Waals surface area contributed by atoms with Crippen molar-refractivity contribution in [2.45, 2.75) is 18.9 Å². The molecule has 0 aliphatic carbocycles. The Hall–Kier alpha value is -3.30. The van der Waals surface area contributed by atoms with Crippen LogP contribution in [0.1, 0.15) is 12.8 Å². The monoisotopic (exact) mass is 336 g/mol. The number of nitrogens with two attached hydrogens (primary N) is 1. The minimum atomic E-state index is -1.26.